The van der Waals surface area contributed by atoms with Gasteiger partial charge in [-0.25, -0.2) is 0 Å². The number of fused-ring (bicyclic) bond motifs is 1. The summed E-state index contributed by atoms with van der Waals surface area (Å²) in [6, 6.07) is 0. The Kier molecular flexibility index (Phi) is 2.14. The molecule has 2 atom stereocenters. The van der Waals surface area contributed by atoms with Crippen LogP contribution < -0.4 is 5.32 Å². The molecule has 0 radical (unpaired) electrons. The van der Waals surface area contributed by atoms with Crippen molar-refractivity contribution in [1.29, 1.82) is 0 Å². The SMILES string of the molecule is CC1=C2NC(=O)CC(C)C2CCC1. The summed E-state index contributed by atoms with van der Waals surface area (Å²) >= 11 is 0. The number of carbonyl (C=O) groups excluding carboxylic acids is 1. The Morgan fingerprint density at radius 1 is 1.46 bits per heavy atom. The number of rotatable bonds is 0. The highest BCUT2D eigenvalue weighted by Crippen LogP contribution is 2.37. The molecule has 1 fully saturated rings. The second-order valence-corrected chi connectivity index (χ2v) is 4.42. The van der Waals surface area contributed by atoms with Crippen LogP contribution in [0.1, 0.15) is 39.5 Å². The van der Waals surface area contributed by atoms with Crippen molar-refractivity contribution in [2.24, 2.45) is 11.8 Å². The Morgan fingerprint density at radius 2 is 2.23 bits per heavy atom. The summed E-state index contributed by atoms with van der Waals surface area (Å²) < 4.78 is 0. The molecule has 0 aromatic carbocycles. The van der Waals surface area contributed by atoms with E-state index < -0.39 is 0 Å². The average molecular weight is 179 g/mol. The topological polar surface area (TPSA) is 29.1 Å². The van der Waals surface area contributed by atoms with Crippen molar-refractivity contribution in [2.45, 2.75) is 39.5 Å². The zero-order valence-corrected chi connectivity index (χ0v) is 8.39. The summed E-state index contributed by atoms with van der Waals surface area (Å²) in [4.78, 5) is 11.3. The molecule has 1 amide bonds. The van der Waals surface area contributed by atoms with Crippen LogP contribution >= 0.6 is 0 Å². The lowest BCUT2D eigenvalue weighted by Gasteiger charge is -2.36. The molecule has 1 aliphatic carbocycles. The number of amides is 1. The molecule has 1 N–H and O–H groups in total. The van der Waals surface area contributed by atoms with Gasteiger partial charge in [0.25, 0.3) is 0 Å². The van der Waals surface area contributed by atoms with Crippen LogP contribution in [0.25, 0.3) is 0 Å². The molecule has 0 bridgehead atoms. The molecule has 72 valence electrons. The third kappa shape index (κ3) is 1.50. The summed E-state index contributed by atoms with van der Waals surface area (Å²) in [7, 11) is 0. The van der Waals surface area contributed by atoms with Gasteiger partial charge in [-0.1, -0.05) is 12.5 Å². The Hall–Kier alpha value is -0.790. The minimum atomic E-state index is 0.208. The molecule has 2 heteroatoms. The molecule has 2 unspecified atom stereocenters. The van der Waals surface area contributed by atoms with Gasteiger partial charge in [-0.3, -0.25) is 4.79 Å². The van der Waals surface area contributed by atoms with Gasteiger partial charge in [-0.15, -0.1) is 0 Å². The van der Waals surface area contributed by atoms with E-state index in [4.69, 9.17) is 0 Å². The minimum absolute atomic E-state index is 0.208. The number of carbonyl (C=O) groups is 1. The van der Waals surface area contributed by atoms with E-state index in [1.807, 2.05) is 0 Å². The highest BCUT2D eigenvalue weighted by Gasteiger charge is 2.32. The smallest absolute Gasteiger partial charge is 0.224 e. The summed E-state index contributed by atoms with van der Waals surface area (Å²) in [5, 5.41) is 3.04. The van der Waals surface area contributed by atoms with E-state index in [-0.39, 0.29) is 5.91 Å². The maximum Gasteiger partial charge on any atom is 0.224 e. The van der Waals surface area contributed by atoms with E-state index in [9.17, 15) is 4.79 Å². The van der Waals surface area contributed by atoms with E-state index in [1.54, 1.807) is 0 Å². The fourth-order valence-corrected chi connectivity index (χ4v) is 2.59. The largest absolute Gasteiger partial charge is 0.330 e. The van der Waals surface area contributed by atoms with Gasteiger partial charge in [-0.2, -0.15) is 0 Å². The molecule has 2 nitrogen and oxygen atoms in total. The van der Waals surface area contributed by atoms with Crippen LogP contribution in [0, 0.1) is 11.8 Å². The predicted octanol–water partition coefficient (Wildman–Crippen LogP) is 2.22. The average Bonchev–Trinajstić information content (AvgIpc) is 2.07. The van der Waals surface area contributed by atoms with Crippen molar-refractivity contribution in [3.05, 3.63) is 11.3 Å². The van der Waals surface area contributed by atoms with Crippen LogP contribution in [0.2, 0.25) is 0 Å². The van der Waals surface area contributed by atoms with Gasteiger partial charge in [0.1, 0.15) is 0 Å². The molecular formula is C11H17NO. The maximum absolute atomic E-state index is 11.3. The van der Waals surface area contributed by atoms with Gasteiger partial charge < -0.3 is 5.32 Å². The number of piperidine rings is 1. The monoisotopic (exact) mass is 179 g/mol. The summed E-state index contributed by atoms with van der Waals surface area (Å²) in [5.41, 5.74) is 2.64. The Balaban J connectivity index is 2.29. The van der Waals surface area contributed by atoms with Gasteiger partial charge in [0, 0.05) is 18.0 Å². The zero-order valence-electron chi connectivity index (χ0n) is 8.39. The van der Waals surface area contributed by atoms with E-state index >= 15 is 0 Å². The third-order valence-electron chi connectivity index (χ3n) is 3.37. The minimum Gasteiger partial charge on any atom is -0.330 e. The van der Waals surface area contributed by atoms with Gasteiger partial charge in [-0.05, 0) is 32.1 Å². The summed E-state index contributed by atoms with van der Waals surface area (Å²) in [6.07, 6.45) is 4.43. The third-order valence-corrected chi connectivity index (χ3v) is 3.37. The predicted molar refractivity (Wildman–Crippen MR) is 52.0 cm³/mol. The van der Waals surface area contributed by atoms with Crippen molar-refractivity contribution < 1.29 is 4.79 Å². The van der Waals surface area contributed by atoms with Crippen molar-refractivity contribution in [3.63, 3.8) is 0 Å². The fraction of sp³-hybridized carbons (Fsp3) is 0.727. The first-order valence-corrected chi connectivity index (χ1v) is 5.18. The standard InChI is InChI=1S/C11H17NO/c1-7-4-3-5-9-8(2)6-10(13)12-11(7)9/h8-9H,3-6H2,1-2H3,(H,12,13). The molecular weight excluding hydrogens is 162 g/mol. The van der Waals surface area contributed by atoms with Gasteiger partial charge in [0.15, 0.2) is 0 Å². The van der Waals surface area contributed by atoms with Crippen molar-refractivity contribution in [1.82, 2.24) is 5.32 Å². The van der Waals surface area contributed by atoms with E-state index in [1.165, 1.54) is 30.5 Å². The molecule has 2 rings (SSSR count). The first-order chi connectivity index (χ1) is 6.18. The fourth-order valence-electron chi connectivity index (χ4n) is 2.59. The number of hydrogen-bond acceptors (Lipinski definition) is 1. The molecule has 0 saturated carbocycles. The van der Waals surface area contributed by atoms with Crippen LogP contribution in [-0.4, -0.2) is 5.91 Å². The first-order valence-electron chi connectivity index (χ1n) is 5.18. The Labute approximate surface area is 79.4 Å². The van der Waals surface area contributed by atoms with E-state index in [2.05, 4.69) is 19.2 Å². The number of allylic oxidation sites excluding steroid dienone is 2. The second kappa shape index (κ2) is 3.17. The number of nitrogens with one attached hydrogen (secondary N) is 1. The second-order valence-electron chi connectivity index (χ2n) is 4.42. The Bertz CT molecular complexity index is 267. The lowest BCUT2D eigenvalue weighted by atomic mass is 9.76. The van der Waals surface area contributed by atoms with Crippen LogP contribution in [-0.2, 0) is 4.79 Å². The highest BCUT2D eigenvalue weighted by molar-refractivity contribution is 5.79. The summed E-state index contributed by atoms with van der Waals surface area (Å²) in [6.45, 7) is 4.35. The quantitative estimate of drug-likeness (QED) is 0.607. The first kappa shape index (κ1) is 8.79. The van der Waals surface area contributed by atoms with Gasteiger partial charge in [0.2, 0.25) is 5.91 Å². The van der Waals surface area contributed by atoms with Crippen LogP contribution in [0.4, 0.5) is 0 Å². The molecule has 1 aliphatic heterocycles. The van der Waals surface area contributed by atoms with Crippen LogP contribution in [0.5, 0.6) is 0 Å². The molecule has 0 aromatic rings. The molecule has 0 spiro atoms. The number of hydrogen-bond donors (Lipinski definition) is 1. The molecule has 1 heterocycles. The van der Waals surface area contributed by atoms with Crippen LogP contribution in [0.3, 0.4) is 0 Å². The van der Waals surface area contributed by atoms with Crippen LogP contribution in [0.15, 0.2) is 11.3 Å². The van der Waals surface area contributed by atoms with E-state index in [0.717, 1.165) is 0 Å². The van der Waals surface area contributed by atoms with Gasteiger partial charge >= 0.3 is 0 Å². The zero-order chi connectivity index (χ0) is 9.42. The van der Waals surface area contributed by atoms with Crippen molar-refractivity contribution >= 4 is 5.91 Å². The van der Waals surface area contributed by atoms with Crippen molar-refractivity contribution in [2.75, 3.05) is 0 Å². The normalized spacial score (nSPS) is 34.2. The molecule has 0 aromatic heterocycles. The van der Waals surface area contributed by atoms with Gasteiger partial charge in [0.05, 0.1) is 0 Å². The molecule has 2 aliphatic rings. The Morgan fingerprint density at radius 3 is 3.00 bits per heavy atom. The lowest BCUT2D eigenvalue weighted by molar-refractivity contribution is -0.123. The van der Waals surface area contributed by atoms with Crippen molar-refractivity contribution in [3.8, 4) is 0 Å². The maximum atomic E-state index is 11.3. The lowest BCUT2D eigenvalue weighted by Crippen LogP contribution is -2.39. The molecule has 13 heavy (non-hydrogen) atoms. The molecule has 1 saturated heterocycles. The highest BCUT2D eigenvalue weighted by atomic mass is 16.1. The van der Waals surface area contributed by atoms with E-state index in [0.29, 0.717) is 18.3 Å². The summed E-state index contributed by atoms with van der Waals surface area (Å²) in [5.74, 6) is 1.38.